The SMILES string of the molecule is CN([C@H]1CCCN(C(=O)OC(C)(C)C)C1)S(=O)(=O)Cc1c(Cl)cccc1Cl. The number of piperidine rings is 1. The predicted molar refractivity (Wildman–Crippen MR) is 108 cm³/mol. The summed E-state index contributed by atoms with van der Waals surface area (Å²) in [6, 6.07) is 4.58. The number of benzene rings is 1. The molecule has 0 spiro atoms. The van der Waals surface area contributed by atoms with Gasteiger partial charge in [-0.3, -0.25) is 0 Å². The molecule has 0 bridgehead atoms. The van der Waals surface area contributed by atoms with Gasteiger partial charge < -0.3 is 9.64 Å². The molecule has 1 aromatic rings. The zero-order chi connectivity index (χ0) is 20.4. The molecule has 1 fully saturated rings. The molecule has 152 valence electrons. The van der Waals surface area contributed by atoms with Crippen LogP contribution < -0.4 is 0 Å². The number of carbonyl (C=O) groups excluding carboxylic acids is 1. The lowest BCUT2D eigenvalue weighted by Crippen LogP contribution is -2.51. The van der Waals surface area contributed by atoms with Crippen molar-refractivity contribution in [3.05, 3.63) is 33.8 Å². The van der Waals surface area contributed by atoms with E-state index in [9.17, 15) is 13.2 Å². The van der Waals surface area contributed by atoms with E-state index < -0.39 is 21.7 Å². The van der Waals surface area contributed by atoms with Crippen LogP contribution in [0.1, 0.15) is 39.2 Å². The van der Waals surface area contributed by atoms with Crippen LogP contribution in [0, 0.1) is 0 Å². The van der Waals surface area contributed by atoms with Gasteiger partial charge in [-0.2, -0.15) is 4.31 Å². The molecule has 0 aromatic heterocycles. The normalized spacial score (nSPS) is 18.6. The fourth-order valence-corrected chi connectivity index (χ4v) is 5.12. The van der Waals surface area contributed by atoms with Crippen LogP contribution in [0.4, 0.5) is 4.79 Å². The number of hydrogen-bond donors (Lipinski definition) is 0. The Morgan fingerprint density at radius 1 is 1.30 bits per heavy atom. The van der Waals surface area contributed by atoms with Crippen molar-refractivity contribution in [3.8, 4) is 0 Å². The van der Waals surface area contributed by atoms with Crippen molar-refractivity contribution in [2.75, 3.05) is 20.1 Å². The highest BCUT2D eigenvalue weighted by Crippen LogP contribution is 2.28. The number of rotatable bonds is 4. The molecule has 6 nitrogen and oxygen atoms in total. The van der Waals surface area contributed by atoms with E-state index in [4.69, 9.17) is 27.9 Å². The molecule has 0 radical (unpaired) electrons. The highest BCUT2D eigenvalue weighted by atomic mass is 35.5. The summed E-state index contributed by atoms with van der Waals surface area (Å²) in [6.45, 7) is 6.25. The van der Waals surface area contributed by atoms with E-state index in [1.807, 2.05) is 0 Å². The van der Waals surface area contributed by atoms with Crippen molar-refractivity contribution in [2.24, 2.45) is 0 Å². The molecule has 9 heteroatoms. The Hall–Kier alpha value is -1.02. The van der Waals surface area contributed by atoms with Gasteiger partial charge in [-0.15, -0.1) is 0 Å². The van der Waals surface area contributed by atoms with Gasteiger partial charge in [-0.25, -0.2) is 13.2 Å². The minimum absolute atomic E-state index is 0.287. The van der Waals surface area contributed by atoms with E-state index in [1.54, 1.807) is 43.9 Å². The summed E-state index contributed by atoms with van der Waals surface area (Å²) in [5.74, 6) is -0.287. The first-order valence-corrected chi connectivity index (χ1v) is 11.1. The number of halogens is 2. The summed E-state index contributed by atoms with van der Waals surface area (Å²) in [4.78, 5) is 13.9. The second-order valence-electron chi connectivity index (χ2n) is 7.70. The van der Waals surface area contributed by atoms with Crippen molar-refractivity contribution >= 4 is 39.3 Å². The fraction of sp³-hybridized carbons (Fsp3) is 0.611. The Kier molecular flexibility index (Phi) is 7.06. The summed E-state index contributed by atoms with van der Waals surface area (Å²) in [5.41, 5.74) is -0.212. The number of sulfonamides is 1. The Morgan fingerprint density at radius 3 is 2.44 bits per heavy atom. The zero-order valence-electron chi connectivity index (χ0n) is 16.0. The smallest absolute Gasteiger partial charge is 0.410 e. The van der Waals surface area contributed by atoms with E-state index in [0.29, 0.717) is 41.5 Å². The number of likely N-dealkylation sites (tertiary alicyclic amines) is 1. The van der Waals surface area contributed by atoms with E-state index in [-0.39, 0.29) is 11.8 Å². The molecule has 1 saturated heterocycles. The van der Waals surface area contributed by atoms with Crippen molar-refractivity contribution in [2.45, 2.75) is 51.0 Å². The quantitative estimate of drug-likeness (QED) is 0.710. The molecule has 0 N–H and O–H groups in total. The van der Waals surface area contributed by atoms with E-state index in [2.05, 4.69) is 0 Å². The summed E-state index contributed by atoms with van der Waals surface area (Å²) < 4.78 is 32.5. The Labute approximate surface area is 171 Å². The fourth-order valence-electron chi connectivity index (χ4n) is 2.93. The molecule has 0 aliphatic carbocycles. The van der Waals surface area contributed by atoms with Gasteiger partial charge in [0, 0.05) is 41.8 Å². The maximum absolute atomic E-state index is 12.9. The molecule has 1 amide bonds. The third-order valence-electron chi connectivity index (χ3n) is 4.39. The number of ether oxygens (including phenoxy) is 1. The van der Waals surface area contributed by atoms with E-state index >= 15 is 0 Å². The Balaban J connectivity index is 2.11. The third-order valence-corrected chi connectivity index (χ3v) is 6.93. The lowest BCUT2D eigenvalue weighted by atomic mass is 10.1. The number of nitrogens with zero attached hydrogens (tertiary/aromatic N) is 2. The second kappa shape index (κ2) is 8.55. The lowest BCUT2D eigenvalue weighted by Gasteiger charge is -2.37. The van der Waals surface area contributed by atoms with Crippen molar-refractivity contribution < 1.29 is 17.9 Å². The van der Waals surface area contributed by atoms with Gasteiger partial charge in [0.2, 0.25) is 10.0 Å². The van der Waals surface area contributed by atoms with Crippen molar-refractivity contribution in [1.29, 1.82) is 0 Å². The van der Waals surface area contributed by atoms with E-state index in [1.165, 1.54) is 11.4 Å². The van der Waals surface area contributed by atoms with Crippen LogP contribution in [0.2, 0.25) is 10.0 Å². The molecule has 1 aliphatic rings. The summed E-state index contributed by atoms with van der Waals surface area (Å²) >= 11 is 12.2. The van der Waals surface area contributed by atoms with Crippen molar-refractivity contribution in [1.82, 2.24) is 9.21 Å². The minimum atomic E-state index is -3.66. The molecule has 2 rings (SSSR count). The molecule has 1 heterocycles. The first-order chi connectivity index (χ1) is 12.4. The van der Waals surface area contributed by atoms with Crippen LogP contribution >= 0.6 is 23.2 Å². The standard InChI is InChI=1S/C18H26Cl2N2O4S/c1-18(2,3)26-17(23)22-10-6-7-13(11-22)21(4)27(24,25)12-14-15(19)8-5-9-16(14)20/h5,8-9,13H,6-7,10-12H2,1-4H3/t13-/m0/s1. The molecule has 1 aromatic carbocycles. The molecule has 1 aliphatic heterocycles. The monoisotopic (exact) mass is 436 g/mol. The highest BCUT2D eigenvalue weighted by Gasteiger charge is 2.34. The minimum Gasteiger partial charge on any atom is -0.444 e. The molecule has 0 unspecified atom stereocenters. The van der Waals surface area contributed by atoms with Crippen molar-refractivity contribution in [3.63, 3.8) is 0 Å². The molecular formula is C18H26Cl2N2O4S. The molecule has 27 heavy (non-hydrogen) atoms. The van der Waals surface area contributed by atoms with Crippen LogP contribution in [0.25, 0.3) is 0 Å². The van der Waals surface area contributed by atoms with Gasteiger partial charge in [0.05, 0.1) is 5.75 Å². The molecule has 1 atom stereocenters. The average Bonchev–Trinajstić information content (AvgIpc) is 2.56. The predicted octanol–water partition coefficient (Wildman–Crippen LogP) is 4.15. The maximum atomic E-state index is 12.9. The summed E-state index contributed by atoms with van der Waals surface area (Å²) in [7, 11) is -2.13. The summed E-state index contributed by atoms with van der Waals surface area (Å²) in [5, 5.41) is 0.636. The van der Waals surface area contributed by atoms with Gasteiger partial charge in [0.1, 0.15) is 5.60 Å². The number of carbonyl (C=O) groups is 1. The van der Waals surface area contributed by atoms with Crippen LogP contribution in [0.15, 0.2) is 18.2 Å². The average molecular weight is 437 g/mol. The van der Waals surface area contributed by atoms with Gasteiger partial charge in [-0.1, -0.05) is 29.3 Å². The largest absolute Gasteiger partial charge is 0.444 e. The number of amides is 1. The maximum Gasteiger partial charge on any atom is 0.410 e. The lowest BCUT2D eigenvalue weighted by molar-refractivity contribution is 0.0163. The first-order valence-electron chi connectivity index (χ1n) is 8.77. The first kappa shape index (κ1) is 22.3. The van der Waals surface area contributed by atoms with Gasteiger partial charge in [0.15, 0.2) is 0 Å². The van der Waals surface area contributed by atoms with E-state index in [0.717, 1.165) is 0 Å². The van der Waals surface area contributed by atoms with Gasteiger partial charge in [0.25, 0.3) is 0 Å². The van der Waals surface area contributed by atoms with Gasteiger partial charge in [-0.05, 0) is 45.7 Å². The van der Waals surface area contributed by atoms with Gasteiger partial charge >= 0.3 is 6.09 Å². The Morgan fingerprint density at radius 2 is 1.89 bits per heavy atom. The molecule has 0 saturated carbocycles. The van der Waals surface area contributed by atoms with Crippen LogP contribution in [-0.4, -0.2) is 55.5 Å². The van der Waals surface area contributed by atoms with Crippen LogP contribution in [0.3, 0.4) is 0 Å². The van der Waals surface area contributed by atoms with Crippen LogP contribution in [0.5, 0.6) is 0 Å². The number of likely N-dealkylation sites (N-methyl/N-ethyl adjacent to an activating group) is 1. The summed E-state index contributed by atoms with van der Waals surface area (Å²) in [6.07, 6.45) is 0.953. The zero-order valence-corrected chi connectivity index (χ0v) is 18.4. The van der Waals surface area contributed by atoms with Crippen LogP contribution in [-0.2, 0) is 20.5 Å². The highest BCUT2D eigenvalue weighted by molar-refractivity contribution is 7.88. The molecular weight excluding hydrogens is 411 g/mol. The Bertz CT molecular complexity index is 773. The number of hydrogen-bond acceptors (Lipinski definition) is 4. The third kappa shape index (κ3) is 5.98. The topological polar surface area (TPSA) is 66.9 Å². The second-order valence-corrected chi connectivity index (χ2v) is 10.5.